The Morgan fingerprint density at radius 1 is 1.39 bits per heavy atom. The molecule has 1 atom stereocenters. The first-order valence-electron chi connectivity index (χ1n) is 6.81. The molecule has 1 rings (SSSR count). The van der Waals surface area contributed by atoms with Crippen molar-refractivity contribution in [1.29, 1.82) is 0 Å². The molecule has 0 aromatic carbocycles. The summed E-state index contributed by atoms with van der Waals surface area (Å²) in [6.45, 7) is 7.34. The van der Waals surface area contributed by atoms with E-state index >= 15 is 0 Å². The van der Waals surface area contributed by atoms with Crippen molar-refractivity contribution in [3.63, 3.8) is 0 Å². The predicted molar refractivity (Wildman–Crippen MR) is 72.4 cm³/mol. The highest BCUT2D eigenvalue weighted by atomic mass is 32.2. The van der Waals surface area contributed by atoms with Crippen molar-refractivity contribution in [2.75, 3.05) is 26.2 Å². The Balaban J connectivity index is 2.87. The number of rotatable bonds is 6. The van der Waals surface area contributed by atoms with Gasteiger partial charge in [0.25, 0.3) is 10.2 Å². The second-order valence-electron chi connectivity index (χ2n) is 5.30. The maximum atomic E-state index is 12.6. The van der Waals surface area contributed by atoms with E-state index in [9.17, 15) is 13.5 Å². The zero-order chi connectivity index (χ0) is 13.8. The lowest BCUT2D eigenvalue weighted by molar-refractivity contribution is 0.147. The summed E-state index contributed by atoms with van der Waals surface area (Å²) in [4.78, 5) is 0. The number of piperidine rings is 1. The number of aliphatic hydroxyl groups is 1. The van der Waals surface area contributed by atoms with Gasteiger partial charge in [-0.25, -0.2) is 0 Å². The van der Waals surface area contributed by atoms with Crippen molar-refractivity contribution in [3.8, 4) is 0 Å². The van der Waals surface area contributed by atoms with Crippen molar-refractivity contribution >= 4 is 10.2 Å². The van der Waals surface area contributed by atoms with Gasteiger partial charge in [0.2, 0.25) is 0 Å². The molecule has 6 heteroatoms. The number of aliphatic hydroxyl groups excluding tert-OH is 1. The Bertz CT molecular complexity index is 343. The number of hydrogen-bond acceptors (Lipinski definition) is 3. The Kier molecular flexibility index (Phi) is 6.04. The first-order valence-corrected chi connectivity index (χ1v) is 8.21. The van der Waals surface area contributed by atoms with Crippen molar-refractivity contribution in [2.45, 2.75) is 46.1 Å². The molecule has 1 aliphatic heterocycles. The SMILES string of the molecule is CCN(CC(C)C)S(=O)(=O)N1CCCCC1CO. The third-order valence-corrected chi connectivity index (χ3v) is 5.46. The van der Waals surface area contributed by atoms with Crippen LogP contribution in [0.15, 0.2) is 0 Å². The fraction of sp³-hybridized carbons (Fsp3) is 1.00. The molecule has 0 radical (unpaired) electrons. The highest BCUT2D eigenvalue weighted by molar-refractivity contribution is 7.86. The Morgan fingerprint density at radius 2 is 2.06 bits per heavy atom. The first kappa shape index (κ1) is 15.9. The number of nitrogens with zero attached hydrogens (tertiary/aromatic N) is 2. The van der Waals surface area contributed by atoms with Gasteiger partial charge < -0.3 is 5.11 Å². The largest absolute Gasteiger partial charge is 0.395 e. The highest BCUT2D eigenvalue weighted by Gasteiger charge is 2.35. The summed E-state index contributed by atoms with van der Waals surface area (Å²) in [5, 5.41) is 9.34. The molecule has 5 nitrogen and oxygen atoms in total. The van der Waals surface area contributed by atoms with Crippen molar-refractivity contribution in [2.24, 2.45) is 5.92 Å². The van der Waals surface area contributed by atoms with E-state index in [2.05, 4.69) is 0 Å². The third kappa shape index (κ3) is 3.66. The predicted octanol–water partition coefficient (Wildman–Crippen LogP) is 1.06. The molecule has 18 heavy (non-hydrogen) atoms. The minimum atomic E-state index is -3.42. The van der Waals surface area contributed by atoms with Gasteiger partial charge in [-0.15, -0.1) is 0 Å². The molecule has 0 aliphatic carbocycles. The first-order chi connectivity index (χ1) is 8.43. The molecule has 1 N–H and O–H groups in total. The van der Waals surface area contributed by atoms with E-state index in [4.69, 9.17) is 0 Å². The van der Waals surface area contributed by atoms with E-state index in [1.165, 1.54) is 8.61 Å². The lowest BCUT2D eigenvalue weighted by Crippen LogP contribution is -2.52. The molecule has 0 saturated carbocycles. The summed E-state index contributed by atoms with van der Waals surface area (Å²) in [5.41, 5.74) is 0. The summed E-state index contributed by atoms with van der Waals surface area (Å²) < 4.78 is 28.1. The molecule has 1 fully saturated rings. The van der Waals surface area contributed by atoms with Crippen LogP contribution in [0.3, 0.4) is 0 Å². The van der Waals surface area contributed by atoms with Crippen LogP contribution in [0.4, 0.5) is 0 Å². The summed E-state index contributed by atoms with van der Waals surface area (Å²) in [6, 6.07) is -0.245. The summed E-state index contributed by atoms with van der Waals surface area (Å²) >= 11 is 0. The quantitative estimate of drug-likeness (QED) is 0.790. The molecule has 1 heterocycles. The Morgan fingerprint density at radius 3 is 2.56 bits per heavy atom. The van der Waals surface area contributed by atoms with Gasteiger partial charge in [-0.3, -0.25) is 0 Å². The standard InChI is InChI=1S/C12H26N2O3S/c1-4-13(9-11(2)3)18(16,17)14-8-6-5-7-12(14)10-15/h11-12,15H,4-10H2,1-3H3. The maximum Gasteiger partial charge on any atom is 0.282 e. The van der Waals surface area contributed by atoms with Crippen LogP contribution in [0, 0.1) is 5.92 Å². The van der Waals surface area contributed by atoms with Crippen molar-refractivity contribution in [3.05, 3.63) is 0 Å². The molecule has 0 spiro atoms. The fourth-order valence-electron chi connectivity index (χ4n) is 2.40. The normalized spacial score (nSPS) is 22.9. The molecule has 0 amide bonds. The molecule has 1 aliphatic rings. The average Bonchev–Trinajstić information content (AvgIpc) is 2.35. The van der Waals surface area contributed by atoms with Gasteiger partial charge in [-0.05, 0) is 18.8 Å². The second-order valence-corrected chi connectivity index (χ2v) is 7.18. The van der Waals surface area contributed by atoms with E-state index in [0.717, 1.165) is 19.3 Å². The van der Waals surface area contributed by atoms with Crippen LogP contribution in [0.5, 0.6) is 0 Å². The van der Waals surface area contributed by atoms with Gasteiger partial charge in [0.05, 0.1) is 6.61 Å². The van der Waals surface area contributed by atoms with E-state index in [1.807, 2.05) is 20.8 Å². The van der Waals surface area contributed by atoms with Gasteiger partial charge in [0.1, 0.15) is 0 Å². The average molecular weight is 278 g/mol. The van der Waals surface area contributed by atoms with E-state index in [0.29, 0.717) is 25.6 Å². The van der Waals surface area contributed by atoms with Crippen LogP contribution in [-0.2, 0) is 10.2 Å². The van der Waals surface area contributed by atoms with Crippen molar-refractivity contribution < 1.29 is 13.5 Å². The van der Waals surface area contributed by atoms with E-state index < -0.39 is 10.2 Å². The van der Waals surface area contributed by atoms with E-state index in [-0.39, 0.29) is 12.6 Å². The van der Waals surface area contributed by atoms with Gasteiger partial charge in [-0.1, -0.05) is 27.2 Å². The third-order valence-electron chi connectivity index (χ3n) is 3.33. The summed E-state index contributed by atoms with van der Waals surface area (Å²) in [5.74, 6) is 0.303. The molecule has 0 aromatic rings. The van der Waals surface area contributed by atoms with Gasteiger partial charge in [-0.2, -0.15) is 17.0 Å². The zero-order valence-corrected chi connectivity index (χ0v) is 12.5. The topological polar surface area (TPSA) is 60.9 Å². The van der Waals surface area contributed by atoms with Gasteiger partial charge >= 0.3 is 0 Å². The monoisotopic (exact) mass is 278 g/mol. The minimum Gasteiger partial charge on any atom is -0.395 e. The van der Waals surface area contributed by atoms with Crippen LogP contribution >= 0.6 is 0 Å². The second kappa shape index (κ2) is 6.84. The lowest BCUT2D eigenvalue weighted by Gasteiger charge is -2.37. The van der Waals surface area contributed by atoms with Crippen LogP contribution < -0.4 is 0 Å². The molecule has 0 aromatic heterocycles. The smallest absolute Gasteiger partial charge is 0.282 e. The summed E-state index contributed by atoms with van der Waals surface area (Å²) in [7, 11) is -3.42. The Labute approximate surface area is 111 Å². The van der Waals surface area contributed by atoms with Crippen LogP contribution in [0.25, 0.3) is 0 Å². The number of hydrogen-bond donors (Lipinski definition) is 1. The van der Waals surface area contributed by atoms with Crippen LogP contribution in [-0.4, -0.2) is 54.4 Å². The highest BCUT2D eigenvalue weighted by Crippen LogP contribution is 2.22. The van der Waals surface area contributed by atoms with Crippen LogP contribution in [0.1, 0.15) is 40.0 Å². The van der Waals surface area contributed by atoms with Crippen molar-refractivity contribution in [1.82, 2.24) is 8.61 Å². The molecule has 1 unspecified atom stereocenters. The molecular formula is C12H26N2O3S. The van der Waals surface area contributed by atoms with Gasteiger partial charge in [0.15, 0.2) is 0 Å². The van der Waals surface area contributed by atoms with Gasteiger partial charge in [0, 0.05) is 25.7 Å². The Hall–Kier alpha value is -0.170. The molecular weight excluding hydrogens is 252 g/mol. The zero-order valence-electron chi connectivity index (χ0n) is 11.7. The lowest BCUT2D eigenvalue weighted by atomic mass is 10.1. The maximum absolute atomic E-state index is 12.6. The fourth-order valence-corrected chi connectivity index (χ4v) is 4.42. The minimum absolute atomic E-state index is 0.0849. The molecule has 0 bridgehead atoms. The summed E-state index contributed by atoms with van der Waals surface area (Å²) in [6.07, 6.45) is 2.64. The molecule has 1 saturated heterocycles. The molecule has 108 valence electrons. The van der Waals surface area contributed by atoms with Crippen LogP contribution in [0.2, 0.25) is 0 Å². The van der Waals surface area contributed by atoms with E-state index in [1.54, 1.807) is 0 Å².